The highest BCUT2D eigenvalue weighted by molar-refractivity contribution is 5.97. The number of hydrogen-bond acceptors (Lipinski definition) is 4. The van der Waals surface area contributed by atoms with E-state index >= 15 is 0 Å². The summed E-state index contributed by atoms with van der Waals surface area (Å²) in [5, 5.41) is 0. The molecule has 2 aromatic rings. The molecule has 4 nitrogen and oxygen atoms in total. The van der Waals surface area contributed by atoms with E-state index < -0.39 is 5.82 Å². The van der Waals surface area contributed by atoms with Crippen molar-refractivity contribution in [1.29, 1.82) is 0 Å². The van der Waals surface area contributed by atoms with Gasteiger partial charge in [0, 0.05) is 0 Å². The Bertz CT molecular complexity index is 697. The molecule has 21 heavy (non-hydrogen) atoms. The Hall–Kier alpha value is -2.56. The Kier molecular flexibility index (Phi) is 3.48. The minimum Gasteiger partial charge on any atom is -0.488 e. The first kappa shape index (κ1) is 13.4. The quantitative estimate of drug-likeness (QED) is 0.809. The van der Waals surface area contributed by atoms with Crippen LogP contribution in [0.2, 0.25) is 0 Å². The summed E-state index contributed by atoms with van der Waals surface area (Å²) in [4.78, 5) is 11.5. The van der Waals surface area contributed by atoms with Gasteiger partial charge in [0.15, 0.2) is 17.3 Å². The monoisotopic (exact) mass is 288 g/mol. The molecule has 0 unspecified atom stereocenters. The zero-order valence-corrected chi connectivity index (χ0v) is 11.4. The van der Waals surface area contributed by atoms with Gasteiger partial charge in [-0.1, -0.05) is 12.1 Å². The van der Waals surface area contributed by atoms with Gasteiger partial charge in [-0.15, -0.1) is 0 Å². The number of rotatable bonds is 4. The SMILES string of the molecule is CC(=O)c1c(F)cccc1OCc1ccc2c(c1)OCO2. The standard InChI is InChI=1S/C16H13FO4/c1-10(18)16-12(17)3-2-4-14(16)19-8-11-5-6-13-15(7-11)21-9-20-13/h2-7H,8-9H2,1H3. The first-order chi connectivity index (χ1) is 10.1. The van der Waals surface area contributed by atoms with Gasteiger partial charge in [-0.2, -0.15) is 0 Å². The summed E-state index contributed by atoms with van der Waals surface area (Å²) >= 11 is 0. The Labute approximate surface area is 121 Å². The van der Waals surface area contributed by atoms with Crippen LogP contribution in [-0.4, -0.2) is 12.6 Å². The lowest BCUT2D eigenvalue weighted by atomic mass is 10.1. The molecule has 5 heteroatoms. The first-order valence-electron chi connectivity index (χ1n) is 6.46. The summed E-state index contributed by atoms with van der Waals surface area (Å²) in [7, 11) is 0. The van der Waals surface area contributed by atoms with E-state index in [-0.39, 0.29) is 30.5 Å². The summed E-state index contributed by atoms with van der Waals surface area (Å²) in [6.07, 6.45) is 0. The average molecular weight is 288 g/mol. The highest BCUT2D eigenvalue weighted by Crippen LogP contribution is 2.33. The number of carbonyl (C=O) groups is 1. The Morgan fingerprint density at radius 2 is 2.05 bits per heavy atom. The van der Waals surface area contributed by atoms with Crippen molar-refractivity contribution in [3.8, 4) is 17.2 Å². The minimum atomic E-state index is -0.578. The fourth-order valence-electron chi connectivity index (χ4n) is 2.16. The number of benzene rings is 2. The van der Waals surface area contributed by atoms with Gasteiger partial charge < -0.3 is 14.2 Å². The maximum Gasteiger partial charge on any atom is 0.231 e. The van der Waals surface area contributed by atoms with Gasteiger partial charge in [0.25, 0.3) is 0 Å². The van der Waals surface area contributed by atoms with Crippen molar-refractivity contribution >= 4 is 5.78 Å². The van der Waals surface area contributed by atoms with Crippen molar-refractivity contribution in [3.05, 3.63) is 53.3 Å². The molecule has 0 aromatic heterocycles. The maximum atomic E-state index is 13.7. The third kappa shape index (κ3) is 2.67. The third-order valence-electron chi connectivity index (χ3n) is 3.16. The molecule has 1 heterocycles. The van der Waals surface area contributed by atoms with E-state index in [2.05, 4.69) is 0 Å². The number of halogens is 1. The van der Waals surface area contributed by atoms with E-state index in [1.165, 1.54) is 19.1 Å². The molecule has 2 aromatic carbocycles. The number of Topliss-reactive ketones (excluding diaryl/α,β-unsaturated/α-hetero) is 1. The number of ketones is 1. The van der Waals surface area contributed by atoms with E-state index in [0.717, 1.165) is 5.56 Å². The van der Waals surface area contributed by atoms with Crippen molar-refractivity contribution in [2.45, 2.75) is 13.5 Å². The minimum absolute atomic E-state index is 0.0294. The maximum absolute atomic E-state index is 13.7. The van der Waals surface area contributed by atoms with Crippen LogP contribution < -0.4 is 14.2 Å². The molecule has 0 amide bonds. The molecule has 1 aliphatic heterocycles. The van der Waals surface area contributed by atoms with Crippen LogP contribution in [0.3, 0.4) is 0 Å². The highest BCUT2D eigenvalue weighted by Gasteiger charge is 2.16. The average Bonchev–Trinajstić information content (AvgIpc) is 2.92. The van der Waals surface area contributed by atoms with Crippen molar-refractivity contribution in [3.63, 3.8) is 0 Å². The molecule has 3 rings (SSSR count). The molecule has 0 N–H and O–H groups in total. The molecule has 108 valence electrons. The normalized spacial score (nSPS) is 12.3. The van der Waals surface area contributed by atoms with E-state index in [1.807, 2.05) is 6.07 Å². The van der Waals surface area contributed by atoms with Crippen LogP contribution >= 0.6 is 0 Å². The molecule has 1 aliphatic rings. The molecular weight excluding hydrogens is 275 g/mol. The van der Waals surface area contributed by atoms with Crippen molar-refractivity contribution in [2.24, 2.45) is 0 Å². The summed E-state index contributed by atoms with van der Waals surface area (Å²) in [5.41, 5.74) is 0.816. The number of carbonyl (C=O) groups excluding carboxylic acids is 1. The van der Waals surface area contributed by atoms with Crippen molar-refractivity contribution in [1.82, 2.24) is 0 Å². The first-order valence-corrected chi connectivity index (χ1v) is 6.46. The van der Waals surface area contributed by atoms with Crippen LogP contribution in [-0.2, 0) is 6.61 Å². The molecule has 0 atom stereocenters. The zero-order chi connectivity index (χ0) is 14.8. The summed E-state index contributed by atoms with van der Waals surface area (Å²) in [6, 6.07) is 9.75. The van der Waals surface area contributed by atoms with Gasteiger partial charge in [-0.3, -0.25) is 4.79 Å². The predicted molar refractivity (Wildman–Crippen MR) is 73.3 cm³/mol. The van der Waals surface area contributed by atoms with Gasteiger partial charge >= 0.3 is 0 Å². The second-order valence-electron chi connectivity index (χ2n) is 4.65. The largest absolute Gasteiger partial charge is 0.488 e. The van der Waals surface area contributed by atoms with E-state index in [0.29, 0.717) is 11.5 Å². The number of fused-ring (bicyclic) bond motifs is 1. The fourth-order valence-corrected chi connectivity index (χ4v) is 2.16. The van der Waals surface area contributed by atoms with E-state index in [1.54, 1.807) is 18.2 Å². The molecule has 0 radical (unpaired) electrons. The van der Waals surface area contributed by atoms with Gasteiger partial charge in [-0.05, 0) is 36.8 Å². The Morgan fingerprint density at radius 3 is 2.86 bits per heavy atom. The fraction of sp³-hybridized carbons (Fsp3) is 0.188. The molecule has 0 aliphatic carbocycles. The molecule has 0 spiro atoms. The molecule has 0 fully saturated rings. The summed E-state index contributed by atoms with van der Waals surface area (Å²) in [5.74, 6) is 0.635. The number of hydrogen-bond donors (Lipinski definition) is 0. The lowest BCUT2D eigenvalue weighted by Crippen LogP contribution is -2.04. The molecule has 0 bridgehead atoms. The third-order valence-corrected chi connectivity index (χ3v) is 3.16. The highest BCUT2D eigenvalue weighted by atomic mass is 19.1. The van der Waals surface area contributed by atoms with Crippen LogP contribution in [0.15, 0.2) is 36.4 Å². The summed E-state index contributed by atoms with van der Waals surface area (Å²) < 4.78 is 29.7. The zero-order valence-electron chi connectivity index (χ0n) is 11.4. The van der Waals surface area contributed by atoms with Crippen molar-refractivity contribution < 1.29 is 23.4 Å². The van der Waals surface area contributed by atoms with Crippen molar-refractivity contribution in [2.75, 3.05) is 6.79 Å². The second kappa shape index (κ2) is 5.44. The smallest absolute Gasteiger partial charge is 0.231 e. The molecule has 0 saturated carbocycles. The second-order valence-corrected chi connectivity index (χ2v) is 4.65. The van der Waals surface area contributed by atoms with Crippen LogP contribution in [0, 0.1) is 5.82 Å². The van der Waals surface area contributed by atoms with Crippen LogP contribution in [0.1, 0.15) is 22.8 Å². The van der Waals surface area contributed by atoms with E-state index in [4.69, 9.17) is 14.2 Å². The van der Waals surface area contributed by atoms with Crippen LogP contribution in [0.25, 0.3) is 0 Å². The topological polar surface area (TPSA) is 44.8 Å². The van der Waals surface area contributed by atoms with Gasteiger partial charge in [0.05, 0.1) is 5.56 Å². The molecule has 0 saturated heterocycles. The lowest BCUT2D eigenvalue weighted by molar-refractivity contribution is 0.100. The van der Waals surface area contributed by atoms with Crippen LogP contribution in [0.4, 0.5) is 4.39 Å². The Balaban J connectivity index is 1.79. The number of ether oxygens (including phenoxy) is 3. The lowest BCUT2D eigenvalue weighted by Gasteiger charge is -2.10. The van der Waals surface area contributed by atoms with Gasteiger partial charge in [0.1, 0.15) is 18.2 Å². The van der Waals surface area contributed by atoms with E-state index in [9.17, 15) is 9.18 Å². The van der Waals surface area contributed by atoms with Crippen LogP contribution in [0.5, 0.6) is 17.2 Å². The summed E-state index contributed by atoms with van der Waals surface area (Å²) in [6.45, 7) is 1.73. The van der Waals surface area contributed by atoms with Gasteiger partial charge in [-0.25, -0.2) is 4.39 Å². The predicted octanol–water partition coefficient (Wildman–Crippen LogP) is 3.34. The van der Waals surface area contributed by atoms with Gasteiger partial charge in [0.2, 0.25) is 6.79 Å². The Morgan fingerprint density at radius 1 is 1.24 bits per heavy atom. The molecular formula is C16H13FO4.